The zero-order valence-corrected chi connectivity index (χ0v) is 61.6. The second-order valence-corrected chi connectivity index (χ2v) is 30.0. The molecule has 0 heterocycles. The lowest BCUT2D eigenvalue weighted by molar-refractivity contribution is -0.161. The fourth-order valence-corrected chi connectivity index (χ4v) is 12.7. The fourth-order valence-electron chi connectivity index (χ4n) is 11.1. The topological polar surface area (TPSA) is 237 Å². The lowest BCUT2D eigenvalue weighted by Crippen LogP contribution is -2.30. The molecule has 0 aromatic rings. The first kappa shape index (κ1) is 90.1. The van der Waals surface area contributed by atoms with Crippen molar-refractivity contribution >= 4 is 39.5 Å². The summed E-state index contributed by atoms with van der Waals surface area (Å²) in [5, 5.41) is 10.6. The van der Waals surface area contributed by atoms with Crippen LogP contribution >= 0.6 is 15.6 Å². The van der Waals surface area contributed by atoms with Crippen molar-refractivity contribution in [1.29, 1.82) is 0 Å². The SMILES string of the molecule is CCCCCCCCCCCCCC(=O)O[C@H](COC(=O)CCCCCCCCCCC)COP(=O)(O)OC[C@H](O)COP(=O)(O)OC[C@@H](COC(=O)CCCCCCCCCCCCCC(C)C)OC(=O)CCCCCCCCCCCCCCCCC(C)CC. The molecule has 0 amide bonds. The molecule has 0 saturated carbocycles. The Balaban J connectivity index is 5.23. The van der Waals surface area contributed by atoms with Gasteiger partial charge in [0.25, 0.3) is 0 Å². The van der Waals surface area contributed by atoms with Crippen LogP contribution in [0.5, 0.6) is 0 Å². The average Bonchev–Trinajstić information content (AvgIpc) is 3.19. The van der Waals surface area contributed by atoms with E-state index in [1.807, 2.05) is 0 Å². The molecule has 0 aromatic carbocycles. The van der Waals surface area contributed by atoms with Crippen LogP contribution in [0.15, 0.2) is 0 Å². The molecule has 19 heteroatoms. The van der Waals surface area contributed by atoms with E-state index < -0.39 is 97.5 Å². The van der Waals surface area contributed by atoms with Crippen LogP contribution in [0.3, 0.4) is 0 Å². The fraction of sp³-hybridized carbons (Fsp3) is 0.945. The maximum Gasteiger partial charge on any atom is 0.472 e. The monoisotopic (exact) mass is 1350 g/mol. The highest BCUT2D eigenvalue weighted by atomic mass is 31.2. The lowest BCUT2D eigenvalue weighted by Gasteiger charge is -2.21. The summed E-state index contributed by atoms with van der Waals surface area (Å²) in [4.78, 5) is 72.6. The second-order valence-electron chi connectivity index (χ2n) is 27.1. The summed E-state index contributed by atoms with van der Waals surface area (Å²) in [6, 6.07) is 0. The molecule has 3 N–H and O–H groups in total. The maximum atomic E-state index is 13.1. The molecule has 0 aromatic heterocycles. The largest absolute Gasteiger partial charge is 0.472 e. The predicted octanol–water partition coefficient (Wildman–Crippen LogP) is 21.2. The Morgan fingerprint density at radius 1 is 0.315 bits per heavy atom. The summed E-state index contributed by atoms with van der Waals surface area (Å²) < 4.78 is 68.4. The third-order valence-corrected chi connectivity index (χ3v) is 19.2. The molecule has 0 rings (SSSR count). The number of phosphoric acid groups is 2. The molecule has 17 nitrogen and oxygen atoms in total. The van der Waals surface area contributed by atoms with E-state index >= 15 is 0 Å². The Morgan fingerprint density at radius 3 is 0.826 bits per heavy atom. The van der Waals surface area contributed by atoms with Gasteiger partial charge in [0.15, 0.2) is 12.2 Å². The van der Waals surface area contributed by atoms with Crippen molar-refractivity contribution in [2.24, 2.45) is 11.8 Å². The van der Waals surface area contributed by atoms with E-state index in [9.17, 15) is 43.2 Å². The van der Waals surface area contributed by atoms with Gasteiger partial charge in [0.1, 0.15) is 19.3 Å². The molecule has 0 aliphatic heterocycles. The van der Waals surface area contributed by atoms with Crippen LogP contribution in [0.25, 0.3) is 0 Å². The van der Waals surface area contributed by atoms with Crippen molar-refractivity contribution in [2.45, 2.75) is 394 Å². The van der Waals surface area contributed by atoms with Gasteiger partial charge in [-0.3, -0.25) is 37.3 Å². The Labute approximate surface area is 562 Å². The van der Waals surface area contributed by atoms with E-state index in [2.05, 4.69) is 41.5 Å². The number of phosphoric ester groups is 2. The van der Waals surface area contributed by atoms with E-state index in [-0.39, 0.29) is 25.7 Å². The number of aliphatic hydroxyl groups excluding tert-OH is 1. The van der Waals surface area contributed by atoms with Gasteiger partial charge in [0.2, 0.25) is 0 Å². The van der Waals surface area contributed by atoms with Crippen molar-refractivity contribution in [3.05, 3.63) is 0 Å². The van der Waals surface area contributed by atoms with Gasteiger partial charge in [-0.2, -0.15) is 0 Å². The molecule has 3 unspecified atom stereocenters. The van der Waals surface area contributed by atoms with Gasteiger partial charge in [0, 0.05) is 25.7 Å². The minimum absolute atomic E-state index is 0.107. The highest BCUT2D eigenvalue weighted by molar-refractivity contribution is 7.47. The summed E-state index contributed by atoms with van der Waals surface area (Å²) in [6.45, 7) is 9.61. The standard InChI is InChI=1S/C73H142O17P2/c1-7-10-12-14-16-18-24-33-39-45-51-57-72(77)89-68(61-83-70(75)55-49-43-37-29-17-15-13-11-8-2)63-87-91(79,80)85-59-67(74)60-86-92(81,82)88-64-69(62-84-71(76)56-50-44-38-32-28-23-25-30-35-41-47-53-65(4)5)90-73(78)58-52-46-40-34-27-22-20-19-21-26-31-36-42-48-54-66(6)9-3/h65-69,74H,7-64H2,1-6H3,(H,79,80)(H,81,82)/t66?,67-,68+,69+/m0/s1. The lowest BCUT2D eigenvalue weighted by atomic mass is 9.99. The number of rotatable bonds is 72. The van der Waals surface area contributed by atoms with Crippen LogP contribution in [0.4, 0.5) is 0 Å². The zero-order chi connectivity index (χ0) is 67.9. The summed E-state index contributed by atoms with van der Waals surface area (Å²) in [5.74, 6) is -0.503. The number of carbonyl (C=O) groups is 4. The molecule has 546 valence electrons. The Morgan fingerprint density at radius 2 is 0.554 bits per heavy atom. The molecule has 6 atom stereocenters. The van der Waals surface area contributed by atoms with Crippen LogP contribution in [0, 0.1) is 11.8 Å². The number of hydrogen-bond donors (Lipinski definition) is 3. The summed E-state index contributed by atoms with van der Waals surface area (Å²) in [6.07, 6.45) is 51.2. The van der Waals surface area contributed by atoms with Crippen LogP contribution in [-0.4, -0.2) is 96.7 Å². The van der Waals surface area contributed by atoms with E-state index in [1.54, 1.807) is 0 Å². The number of carbonyl (C=O) groups excluding carboxylic acids is 4. The molecule has 0 aliphatic carbocycles. The van der Waals surface area contributed by atoms with Crippen molar-refractivity contribution in [3.63, 3.8) is 0 Å². The van der Waals surface area contributed by atoms with E-state index in [0.717, 1.165) is 102 Å². The minimum Gasteiger partial charge on any atom is -0.462 e. The zero-order valence-electron chi connectivity index (χ0n) is 59.9. The van der Waals surface area contributed by atoms with Gasteiger partial charge in [-0.05, 0) is 37.5 Å². The molecular weight excluding hydrogens is 1210 g/mol. The highest BCUT2D eigenvalue weighted by Crippen LogP contribution is 2.45. The van der Waals surface area contributed by atoms with Gasteiger partial charge in [-0.15, -0.1) is 0 Å². The number of unbranched alkanes of at least 4 members (excludes halogenated alkanes) is 41. The van der Waals surface area contributed by atoms with Gasteiger partial charge in [0.05, 0.1) is 26.4 Å². The van der Waals surface area contributed by atoms with Gasteiger partial charge in [-0.25, -0.2) is 9.13 Å². The molecule has 92 heavy (non-hydrogen) atoms. The van der Waals surface area contributed by atoms with Gasteiger partial charge in [-0.1, -0.05) is 324 Å². The second kappa shape index (κ2) is 65.0. The summed E-state index contributed by atoms with van der Waals surface area (Å²) in [7, 11) is -9.90. The normalized spacial score (nSPS) is 14.4. The number of aliphatic hydroxyl groups is 1. The Kier molecular flexibility index (Phi) is 63.7. The van der Waals surface area contributed by atoms with Crippen LogP contribution in [0.2, 0.25) is 0 Å². The molecular formula is C73H142O17P2. The van der Waals surface area contributed by atoms with E-state index in [4.69, 9.17) is 37.0 Å². The van der Waals surface area contributed by atoms with Crippen LogP contribution in [-0.2, 0) is 65.4 Å². The quantitative estimate of drug-likeness (QED) is 0.0222. The smallest absolute Gasteiger partial charge is 0.462 e. The number of ether oxygens (including phenoxy) is 4. The van der Waals surface area contributed by atoms with Crippen molar-refractivity contribution < 1.29 is 80.2 Å². The molecule has 0 bridgehead atoms. The molecule has 0 fully saturated rings. The first-order valence-corrected chi connectivity index (χ1v) is 41.0. The first-order valence-electron chi connectivity index (χ1n) is 38.0. The van der Waals surface area contributed by atoms with Gasteiger partial charge >= 0.3 is 39.5 Å². The van der Waals surface area contributed by atoms with E-state index in [1.165, 1.54) is 193 Å². The Hall–Kier alpha value is -1.94. The average molecular weight is 1350 g/mol. The molecule has 0 radical (unpaired) electrons. The van der Waals surface area contributed by atoms with Gasteiger partial charge < -0.3 is 33.8 Å². The number of esters is 4. The number of hydrogen-bond acceptors (Lipinski definition) is 15. The highest BCUT2D eigenvalue weighted by Gasteiger charge is 2.30. The maximum absolute atomic E-state index is 13.1. The first-order chi connectivity index (χ1) is 44.4. The predicted molar refractivity (Wildman–Crippen MR) is 372 cm³/mol. The van der Waals surface area contributed by atoms with Crippen molar-refractivity contribution in [2.75, 3.05) is 39.6 Å². The summed E-state index contributed by atoms with van der Waals surface area (Å²) in [5.41, 5.74) is 0. The van der Waals surface area contributed by atoms with Crippen LogP contribution < -0.4 is 0 Å². The summed E-state index contributed by atoms with van der Waals surface area (Å²) >= 11 is 0. The third-order valence-electron chi connectivity index (χ3n) is 17.3. The van der Waals surface area contributed by atoms with Crippen LogP contribution in [0.1, 0.15) is 375 Å². The molecule has 0 saturated heterocycles. The Bertz CT molecular complexity index is 1790. The minimum atomic E-state index is -4.95. The van der Waals surface area contributed by atoms with Crippen molar-refractivity contribution in [3.8, 4) is 0 Å². The van der Waals surface area contributed by atoms with E-state index in [0.29, 0.717) is 25.7 Å². The van der Waals surface area contributed by atoms with Crippen molar-refractivity contribution in [1.82, 2.24) is 0 Å². The molecule has 0 spiro atoms. The molecule has 0 aliphatic rings. The third kappa shape index (κ3) is 65.4.